The number of nitro groups is 1. The number of carbonyl (C=O) groups is 1. The highest BCUT2D eigenvalue weighted by molar-refractivity contribution is 5.98. The monoisotopic (exact) mass is 191 g/mol. The fraction of sp³-hybridized carbons (Fsp3) is 0. The molecule has 2 aromatic rings. The average Bonchev–Trinajstić information content (AvgIpc) is 2.63. The molecule has 0 aliphatic carbocycles. The summed E-state index contributed by atoms with van der Waals surface area (Å²) in [4.78, 5) is 27.3. The van der Waals surface area contributed by atoms with Gasteiger partial charge < -0.3 is 4.98 Å². The predicted octanol–water partition coefficient (Wildman–Crippen LogP) is 1.28. The zero-order valence-electron chi connectivity index (χ0n) is 6.93. The zero-order valence-corrected chi connectivity index (χ0v) is 6.93. The van der Waals surface area contributed by atoms with Crippen LogP contribution in [0.4, 0.5) is 5.69 Å². The van der Waals surface area contributed by atoms with E-state index >= 15 is 0 Å². The van der Waals surface area contributed by atoms with E-state index in [0.29, 0.717) is 17.3 Å². The Labute approximate surface area is 77.7 Å². The van der Waals surface area contributed by atoms with Gasteiger partial charge in [-0.25, -0.2) is 4.98 Å². The molecule has 1 heterocycles. The Morgan fingerprint density at radius 2 is 2.29 bits per heavy atom. The number of aromatic amines is 1. The molecule has 0 atom stereocenters. The van der Waals surface area contributed by atoms with Crippen LogP contribution in [0.15, 0.2) is 18.5 Å². The van der Waals surface area contributed by atoms with E-state index < -0.39 is 4.92 Å². The van der Waals surface area contributed by atoms with E-state index in [1.165, 1.54) is 18.5 Å². The van der Waals surface area contributed by atoms with Crippen molar-refractivity contribution in [3.05, 3.63) is 34.1 Å². The first-order chi connectivity index (χ1) is 6.74. The maximum atomic E-state index is 10.7. The van der Waals surface area contributed by atoms with E-state index in [4.69, 9.17) is 0 Å². The third-order valence-corrected chi connectivity index (χ3v) is 1.92. The van der Waals surface area contributed by atoms with E-state index in [1.54, 1.807) is 0 Å². The Balaban J connectivity index is 2.85. The first kappa shape index (κ1) is 8.36. The lowest BCUT2D eigenvalue weighted by molar-refractivity contribution is -0.384. The summed E-state index contributed by atoms with van der Waals surface area (Å²) >= 11 is 0. The number of aldehydes is 1. The number of carbonyl (C=O) groups excluding carboxylic acids is 1. The van der Waals surface area contributed by atoms with Crippen LogP contribution in [0.2, 0.25) is 0 Å². The molecule has 70 valence electrons. The van der Waals surface area contributed by atoms with Gasteiger partial charge in [0.25, 0.3) is 5.69 Å². The molecule has 0 saturated carbocycles. The quantitative estimate of drug-likeness (QED) is 0.440. The number of rotatable bonds is 2. The predicted molar refractivity (Wildman–Crippen MR) is 48.1 cm³/mol. The minimum atomic E-state index is -0.599. The number of hydrogen-bond donors (Lipinski definition) is 1. The maximum absolute atomic E-state index is 10.7. The SMILES string of the molecule is O=Cc1c([N+](=O)[O-])ccc2[nH]cnc12. The summed E-state index contributed by atoms with van der Waals surface area (Å²) in [6, 6.07) is 2.80. The number of nitrogens with zero attached hydrogens (tertiary/aromatic N) is 2. The van der Waals surface area contributed by atoms with Gasteiger partial charge in [-0.15, -0.1) is 0 Å². The zero-order chi connectivity index (χ0) is 10.1. The molecule has 0 unspecified atom stereocenters. The van der Waals surface area contributed by atoms with Crippen LogP contribution in [0.1, 0.15) is 10.4 Å². The van der Waals surface area contributed by atoms with Crippen LogP contribution in [0.25, 0.3) is 11.0 Å². The van der Waals surface area contributed by atoms with Crippen LogP contribution in [0, 0.1) is 10.1 Å². The number of imidazole rings is 1. The first-order valence-electron chi connectivity index (χ1n) is 3.79. The van der Waals surface area contributed by atoms with E-state index in [9.17, 15) is 14.9 Å². The molecule has 0 amide bonds. The molecule has 0 radical (unpaired) electrons. The molecule has 0 bridgehead atoms. The van der Waals surface area contributed by atoms with E-state index in [1.807, 2.05) is 0 Å². The Morgan fingerprint density at radius 3 is 2.93 bits per heavy atom. The van der Waals surface area contributed by atoms with Crippen molar-refractivity contribution in [2.75, 3.05) is 0 Å². The van der Waals surface area contributed by atoms with E-state index in [2.05, 4.69) is 9.97 Å². The second-order valence-electron chi connectivity index (χ2n) is 2.67. The number of nitro benzene ring substituents is 1. The van der Waals surface area contributed by atoms with Gasteiger partial charge in [0.2, 0.25) is 0 Å². The molecule has 0 aliphatic rings. The van der Waals surface area contributed by atoms with Crippen LogP contribution < -0.4 is 0 Å². The Hall–Kier alpha value is -2.24. The van der Waals surface area contributed by atoms with Crippen LogP contribution >= 0.6 is 0 Å². The van der Waals surface area contributed by atoms with Crippen molar-refractivity contribution in [3.63, 3.8) is 0 Å². The second kappa shape index (κ2) is 2.91. The molecule has 1 N–H and O–H groups in total. The van der Waals surface area contributed by atoms with Crippen molar-refractivity contribution in [3.8, 4) is 0 Å². The van der Waals surface area contributed by atoms with Crippen molar-refractivity contribution in [1.82, 2.24) is 9.97 Å². The first-order valence-corrected chi connectivity index (χ1v) is 3.79. The highest BCUT2D eigenvalue weighted by Gasteiger charge is 2.17. The van der Waals surface area contributed by atoms with Gasteiger partial charge in [0.05, 0.1) is 16.8 Å². The number of aromatic nitrogens is 2. The van der Waals surface area contributed by atoms with Gasteiger partial charge >= 0.3 is 0 Å². The molecule has 0 saturated heterocycles. The number of hydrogen-bond acceptors (Lipinski definition) is 4. The van der Waals surface area contributed by atoms with Crippen LogP contribution in [-0.4, -0.2) is 21.2 Å². The lowest BCUT2D eigenvalue weighted by Gasteiger charge is -1.95. The summed E-state index contributed by atoms with van der Waals surface area (Å²) in [6.07, 6.45) is 1.84. The third-order valence-electron chi connectivity index (χ3n) is 1.92. The summed E-state index contributed by atoms with van der Waals surface area (Å²) in [5.74, 6) is 0. The van der Waals surface area contributed by atoms with Gasteiger partial charge in [-0.05, 0) is 6.07 Å². The average molecular weight is 191 g/mol. The molecule has 6 nitrogen and oxygen atoms in total. The summed E-state index contributed by atoms with van der Waals surface area (Å²) in [5, 5.41) is 10.6. The summed E-state index contributed by atoms with van der Waals surface area (Å²) in [5.41, 5.74) is 0.722. The minimum absolute atomic E-state index is 0.00810. The molecular formula is C8H5N3O3. The van der Waals surface area contributed by atoms with Crippen LogP contribution in [-0.2, 0) is 0 Å². The van der Waals surface area contributed by atoms with Crippen molar-refractivity contribution >= 4 is 23.0 Å². The number of fused-ring (bicyclic) bond motifs is 1. The second-order valence-corrected chi connectivity index (χ2v) is 2.67. The molecular weight excluding hydrogens is 186 g/mol. The van der Waals surface area contributed by atoms with Crippen molar-refractivity contribution < 1.29 is 9.72 Å². The van der Waals surface area contributed by atoms with Gasteiger partial charge in [-0.2, -0.15) is 0 Å². The van der Waals surface area contributed by atoms with E-state index in [-0.39, 0.29) is 11.3 Å². The molecule has 0 spiro atoms. The topological polar surface area (TPSA) is 88.9 Å². The highest BCUT2D eigenvalue weighted by Crippen LogP contribution is 2.23. The molecule has 0 fully saturated rings. The Bertz CT molecular complexity index is 518. The minimum Gasteiger partial charge on any atom is -0.345 e. The highest BCUT2D eigenvalue weighted by atomic mass is 16.6. The normalized spacial score (nSPS) is 10.3. The summed E-state index contributed by atoms with van der Waals surface area (Å²) in [7, 11) is 0. The molecule has 0 aliphatic heterocycles. The lowest BCUT2D eigenvalue weighted by atomic mass is 10.1. The van der Waals surface area contributed by atoms with Gasteiger partial charge in [0.1, 0.15) is 11.1 Å². The molecule has 1 aromatic carbocycles. The van der Waals surface area contributed by atoms with Crippen molar-refractivity contribution in [2.45, 2.75) is 0 Å². The van der Waals surface area contributed by atoms with Crippen molar-refractivity contribution in [1.29, 1.82) is 0 Å². The smallest absolute Gasteiger partial charge is 0.282 e. The van der Waals surface area contributed by atoms with Gasteiger partial charge in [-0.3, -0.25) is 14.9 Å². The fourth-order valence-corrected chi connectivity index (χ4v) is 1.29. The molecule has 6 heteroatoms. The van der Waals surface area contributed by atoms with Crippen LogP contribution in [0.5, 0.6) is 0 Å². The van der Waals surface area contributed by atoms with Gasteiger partial charge in [-0.1, -0.05) is 0 Å². The number of benzene rings is 1. The summed E-state index contributed by atoms with van der Waals surface area (Å²) in [6.45, 7) is 0. The van der Waals surface area contributed by atoms with Gasteiger partial charge in [0.15, 0.2) is 6.29 Å². The molecule has 14 heavy (non-hydrogen) atoms. The molecule has 1 aromatic heterocycles. The lowest BCUT2D eigenvalue weighted by Crippen LogP contribution is -1.95. The summed E-state index contributed by atoms with van der Waals surface area (Å²) < 4.78 is 0. The fourth-order valence-electron chi connectivity index (χ4n) is 1.29. The standard InChI is InChI=1S/C8H5N3O3/c12-3-5-7(11(13)14)2-1-6-8(5)10-4-9-6/h1-4H,(H,9,10). The Morgan fingerprint density at radius 1 is 1.50 bits per heavy atom. The Kier molecular flexibility index (Phi) is 1.74. The number of nitrogens with one attached hydrogen (secondary N) is 1. The maximum Gasteiger partial charge on any atom is 0.282 e. The van der Waals surface area contributed by atoms with E-state index in [0.717, 1.165) is 0 Å². The van der Waals surface area contributed by atoms with Crippen molar-refractivity contribution in [2.24, 2.45) is 0 Å². The number of H-pyrrole nitrogens is 1. The molecule has 2 rings (SSSR count). The largest absolute Gasteiger partial charge is 0.345 e. The van der Waals surface area contributed by atoms with Crippen LogP contribution in [0.3, 0.4) is 0 Å². The van der Waals surface area contributed by atoms with Gasteiger partial charge in [0, 0.05) is 6.07 Å². The third kappa shape index (κ3) is 1.05.